The van der Waals surface area contributed by atoms with E-state index in [4.69, 9.17) is 17.0 Å². The lowest BCUT2D eigenvalue weighted by Gasteiger charge is -2.28. The van der Waals surface area contributed by atoms with Crippen LogP contribution in [-0.4, -0.2) is 40.8 Å². The molecule has 1 N–H and O–H groups in total. The molecule has 200 valence electrons. The number of nitrogens with zero attached hydrogens (tertiary/aromatic N) is 5. The third-order valence-corrected chi connectivity index (χ3v) is 7.46. The molecule has 3 heterocycles. The van der Waals surface area contributed by atoms with Crippen molar-refractivity contribution < 1.29 is 9.66 Å². The Kier molecular flexibility index (Phi) is 6.96. The zero-order valence-corrected chi connectivity index (χ0v) is 23.3. The number of thiocarbonyl (C=S) groups is 1. The lowest BCUT2D eigenvalue weighted by molar-refractivity contribution is -0.384. The molecule has 10 heteroatoms. The van der Waals surface area contributed by atoms with Gasteiger partial charge in [-0.15, -0.1) is 0 Å². The van der Waals surface area contributed by atoms with E-state index in [2.05, 4.69) is 55.0 Å². The molecular weight excluding hydrogens is 512 g/mol. The Labute approximate surface area is 232 Å². The highest BCUT2D eigenvalue weighted by Gasteiger charge is 2.42. The largest absolute Gasteiger partial charge is 0.494 e. The van der Waals surface area contributed by atoms with Gasteiger partial charge in [0.25, 0.3) is 5.69 Å². The molecule has 0 amide bonds. The van der Waals surface area contributed by atoms with Crippen molar-refractivity contribution in [3.63, 3.8) is 0 Å². The number of nitro benzene ring substituents is 1. The van der Waals surface area contributed by atoms with Gasteiger partial charge < -0.3 is 24.4 Å². The second-order valence-electron chi connectivity index (χ2n) is 9.68. The van der Waals surface area contributed by atoms with Gasteiger partial charge in [-0.3, -0.25) is 15.1 Å². The monoisotopic (exact) mass is 542 g/mol. The molecule has 2 atom stereocenters. The summed E-state index contributed by atoms with van der Waals surface area (Å²) in [7, 11) is 5.55. The average Bonchev–Trinajstić information content (AvgIpc) is 3.43. The van der Waals surface area contributed by atoms with Crippen molar-refractivity contribution in [2.75, 3.05) is 31.0 Å². The van der Waals surface area contributed by atoms with Crippen molar-refractivity contribution in [3.8, 4) is 11.4 Å². The van der Waals surface area contributed by atoms with Crippen molar-refractivity contribution in [2.45, 2.75) is 25.9 Å². The fourth-order valence-corrected chi connectivity index (χ4v) is 5.63. The predicted molar refractivity (Wildman–Crippen MR) is 157 cm³/mol. The van der Waals surface area contributed by atoms with Crippen LogP contribution in [0.1, 0.15) is 34.7 Å². The first-order valence-electron chi connectivity index (χ1n) is 12.5. The van der Waals surface area contributed by atoms with E-state index < -0.39 is 4.92 Å². The molecule has 9 nitrogen and oxygen atoms in total. The van der Waals surface area contributed by atoms with Crippen molar-refractivity contribution in [2.24, 2.45) is 0 Å². The van der Waals surface area contributed by atoms with Gasteiger partial charge in [0.1, 0.15) is 5.75 Å². The smallest absolute Gasteiger partial charge is 0.273 e. The SMILES string of the molecule is COc1cc([N+](=O)[O-])ccc1-n1c(C)cc([C@@H]2[C@H](c3ccccn3)NC(=S)N2c2ccc(N(C)C)cc2)c1C. The summed E-state index contributed by atoms with van der Waals surface area (Å²) in [4.78, 5) is 19.8. The molecule has 1 saturated heterocycles. The lowest BCUT2D eigenvalue weighted by Crippen LogP contribution is -2.29. The number of benzene rings is 2. The maximum atomic E-state index is 11.4. The first-order chi connectivity index (χ1) is 18.7. The van der Waals surface area contributed by atoms with Crippen LogP contribution < -0.4 is 19.9 Å². The molecule has 39 heavy (non-hydrogen) atoms. The molecule has 0 saturated carbocycles. The zero-order chi connectivity index (χ0) is 27.8. The van der Waals surface area contributed by atoms with Crippen LogP contribution >= 0.6 is 12.2 Å². The van der Waals surface area contributed by atoms with Crippen molar-refractivity contribution in [3.05, 3.63) is 106 Å². The molecule has 2 aromatic carbocycles. The van der Waals surface area contributed by atoms with Crippen LogP contribution in [0.5, 0.6) is 5.75 Å². The minimum absolute atomic E-state index is 0.0220. The van der Waals surface area contributed by atoms with E-state index in [-0.39, 0.29) is 17.8 Å². The Morgan fingerprint density at radius 2 is 1.82 bits per heavy atom. The van der Waals surface area contributed by atoms with Crippen molar-refractivity contribution in [1.29, 1.82) is 0 Å². The summed E-state index contributed by atoms with van der Waals surface area (Å²) in [5.41, 5.74) is 6.67. The fraction of sp³-hybridized carbons (Fsp3) is 0.241. The van der Waals surface area contributed by atoms with Gasteiger partial charge in [-0.2, -0.15) is 0 Å². The summed E-state index contributed by atoms with van der Waals surface area (Å²) < 4.78 is 7.65. The minimum atomic E-state index is -0.421. The molecule has 0 unspecified atom stereocenters. The Bertz CT molecular complexity index is 1530. The number of nitrogens with one attached hydrogen (secondary N) is 1. The van der Waals surface area contributed by atoms with Crippen LogP contribution in [0.4, 0.5) is 17.1 Å². The van der Waals surface area contributed by atoms with Crippen LogP contribution in [0.25, 0.3) is 5.69 Å². The number of non-ortho nitro benzene ring substituents is 1. The van der Waals surface area contributed by atoms with Gasteiger partial charge in [0.05, 0.1) is 41.6 Å². The highest BCUT2D eigenvalue weighted by atomic mass is 32.1. The van der Waals surface area contributed by atoms with Crippen LogP contribution in [0.2, 0.25) is 0 Å². The van der Waals surface area contributed by atoms with E-state index in [9.17, 15) is 10.1 Å². The highest BCUT2D eigenvalue weighted by Crippen LogP contribution is 2.44. The third-order valence-electron chi connectivity index (χ3n) is 7.15. The number of hydrogen-bond acceptors (Lipinski definition) is 6. The number of anilines is 2. The molecule has 1 fully saturated rings. The lowest BCUT2D eigenvalue weighted by atomic mass is 9.96. The van der Waals surface area contributed by atoms with E-state index in [0.717, 1.165) is 39.7 Å². The van der Waals surface area contributed by atoms with Crippen LogP contribution in [0.15, 0.2) is 72.9 Å². The molecule has 4 aromatic rings. The summed E-state index contributed by atoms with van der Waals surface area (Å²) in [6, 6.07) is 20.6. The van der Waals surface area contributed by atoms with Crippen molar-refractivity contribution >= 4 is 34.4 Å². The Morgan fingerprint density at radius 1 is 1.08 bits per heavy atom. The first-order valence-corrected chi connectivity index (χ1v) is 12.9. The number of aryl methyl sites for hydroxylation is 1. The van der Waals surface area contributed by atoms with E-state index >= 15 is 0 Å². The van der Waals surface area contributed by atoms with Gasteiger partial charge in [-0.05, 0) is 80.2 Å². The maximum Gasteiger partial charge on any atom is 0.273 e. The van der Waals surface area contributed by atoms with Crippen molar-refractivity contribution in [1.82, 2.24) is 14.9 Å². The summed E-state index contributed by atoms with van der Waals surface area (Å²) >= 11 is 5.90. The summed E-state index contributed by atoms with van der Waals surface area (Å²) in [6.45, 7) is 4.07. The average molecular weight is 543 g/mol. The molecule has 0 bridgehead atoms. The maximum absolute atomic E-state index is 11.4. The Hall–Kier alpha value is -4.44. The number of ether oxygens (including phenoxy) is 1. The van der Waals surface area contributed by atoms with Gasteiger partial charge in [0, 0.05) is 49.1 Å². The van der Waals surface area contributed by atoms with Crippen LogP contribution in [0, 0.1) is 24.0 Å². The third kappa shape index (κ3) is 4.67. The van der Waals surface area contributed by atoms with Gasteiger partial charge >= 0.3 is 0 Å². The Morgan fingerprint density at radius 3 is 2.44 bits per heavy atom. The number of rotatable bonds is 7. The number of hydrogen-bond donors (Lipinski definition) is 1. The number of nitro groups is 1. The summed E-state index contributed by atoms with van der Waals surface area (Å²) in [5.74, 6) is 0.426. The zero-order valence-electron chi connectivity index (χ0n) is 22.5. The van der Waals surface area contributed by atoms with E-state index in [1.54, 1.807) is 12.3 Å². The summed E-state index contributed by atoms with van der Waals surface area (Å²) in [5, 5.41) is 15.5. The summed E-state index contributed by atoms with van der Waals surface area (Å²) in [6.07, 6.45) is 1.79. The minimum Gasteiger partial charge on any atom is -0.494 e. The molecule has 5 rings (SSSR count). The number of methoxy groups -OCH3 is 1. The molecular formula is C29H30N6O3S. The highest BCUT2D eigenvalue weighted by molar-refractivity contribution is 7.80. The van der Waals surface area contributed by atoms with E-state index in [0.29, 0.717) is 10.9 Å². The van der Waals surface area contributed by atoms with Gasteiger partial charge in [-0.1, -0.05) is 6.07 Å². The van der Waals surface area contributed by atoms with Gasteiger partial charge in [0.2, 0.25) is 0 Å². The number of aromatic nitrogens is 2. The molecule has 0 spiro atoms. The van der Waals surface area contributed by atoms with Gasteiger partial charge in [0.15, 0.2) is 5.11 Å². The second kappa shape index (κ2) is 10.4. The fourth-order valence-electron chi connectivity index (χ4n) is 5.28. The Balaban J connectivity index is 1.66. The number of pyridine rings is 1. The molecule has 0 aliphatic carbocycles. The predicted octanol–water partition coefficient (Wildman–Crippen LogP) is 5.65. The van der Waals surface area contributed by atoms with Crippen LogP contribution in [-0.2, 0) is 0 Å². The molecule has 1 aliphatic rings. The molecule has 0 radical (unpaired) electrons. The first kappa shape index (κ1) is 26.2. The standard InChI is InChI=1S/C29H30N6O3S/c1-18-16-23(19(2)33(18)25-14-13-22(35(36)37)17-26(25)38-5)28-27(24-8-6-7-15-30-24)31-29(39)34(28)21-11-9-20(10-12-21)32(3)4/h6-17,27-28H,1-5H3,(H,31,39)/t27-,28+/m0/s1. The molecule has 2 aromatic heterocycles. The van der Waals surface area contributed by atoms with E-state index in [1.165, 1.54) is 19.2 Å². The molecule has 1 aliphatic heterocycles. The topological polar surface area (TPSA) is 88.7 Å². The van der Waals surface area contributed by atoms with Crippen LogP contribution in [0.3, 0.4) is 0 Å². The van der Waals surface area contributed by atoms with Gasteiger partial charge in [-0.25, -0.2) is 0 Å². The quantitative estimate of drug-likeness (QED) is 0.182. The van der Waals surface area contributed by atoms with E-state index in [1.807, 2.05) is 46.1 Å². The second-order valence-corrected chi connectivity index (χ2v) is 10.1. The normalized spacial score (nSPS) is 16.7.